The zero-order valence-corrected chi connectivity index (χ0v) is 19.0. The molecular formula is C26H23IN2O. The minimum absolute atomic E-state index is 0.0311. The summed E-state index contributed by atoms with van der Waals surface area (Å²) < 4.78 is 2.52. The second-order valence-electron chi connectivity index (χ2n) is 7.35. The highest BCUT2D eigenvalue weighted by atomic mass is 127. The Kier molecular flexibility index (Phi) is 6.43. The Morgan fingerprint density at radius 2 is 1.43 bits per heavy atom. The largest absolute Gasteiger partial charge is 0.291 e. The monoisotopic (exact) mass is 506 g/mol. The molecule has 0 spiro atoms. The molecule has 0 unspecified atom stereocenters. The molecule has 3 aromatic carbocycles. The van der Waals surface area contributed by atoms with Crippen LogP contribution in [-0.4, -0.2) is 9.55 Å². The molecule has 4 rings (SSSR count). The lowest BCUT2D eigenvalue weighted by molar-refractivity contribution is 0.656. The van der Waals surface area contributed by atoms with E-state index in [4.69, 9.17) is 4.98 Å². The van der Waals surface area contributed by atoms with Gasteiger partial charge in [-0.1, -0.05) is 84.9 Å². The van der Waals surface area contributed by atoms with Crippen molar-refractivity contribution in [1.29, 1.82) is 0 Å². The maximum atomic E-state index is 13.2. The highest BCUT2D eigenvalue weighted by Crippen LogP contribution is 2.25. The molecule has 4 heteroatoms. The van der Waals surface area contributed by atoms with Crippen LogP contribution in [0.1, 0.15) is 22.4 Å². The Morgan fingerprint density at radius 3 is 2.13 bits per heavy atom. The van der Waals surface area contributed by atoms with Crippen LogP contribution in [0.4, 0.5) is 0 Å². The summed E-state index contributed by atoms with van der Waals surface area (Å²) >= 11 is 2.12. The van der Waals surface area contributed by atoms with Gasteiger partial charge in [0.05, 0.1) is 9.26 Å². The highest BCUT2D eigenvalue weighted by Gasteiger charge is 2.16. The quantitative estimate of drug-likeness (QED) is 0.317. The summed E-state index contributed by atoms with van der Waals surface area (Å²) in [6, 6.07) is 28.9. The van der Waals surface area contributed by atoms with Gasteiger partial charge in [0, 0.05) is 12.1 Å². The summed E-state index contributed by atoms with van der Waals surface area (Å²) in [5.74, 6) is 0.750. The molecule has 3 nitrogen and oxygen atoms in total. The van der Waals surface area contributed by atoms with Crippen molar-refractivity contribution in [2.45, 2.75) is 26.3 Å². The minimum Gasteiger partial charge on any atom is -0.291 e. The Balaban J connectivity index is 1.78. The number of benzene rings is 3. The van der Waals surface area contributed by atoms with Crippen molar-refractivity contribution in [2.75, 3.05) is 0 Å². The van der Waals surface area contributed by atoms with Crippen LogP contribution in [0.15, 0.2) is 89.7 Å². The molecule has 0 atom stereocenters. The van der Waals surface area contributed by atoms with Gasteiger partial charge in [-0.25, -0.2) is 4.98 Å². The Hall–Kier alpha value is -2.73. The van der Waals surface area contributed by atoms with Crippen molar-refractivity contribution in [3.63, 3.8) is 0 Å². The molecule has 0 amide bonds. The van der Waals surface area contributed by atoms with Gasteiger partial charge in [0.2, 0.25) is 0 Å². The van der Waals surface area contributed by atoms with Crippen LogP contribution in [0.3, 0.4) is 0 Å². The van der Waals surface area contributed by atoms with Crippen molar-refractivity contribution >= 4 is 22.6 Å². The van der Waals surface area contributed by atoms with Crippen molar-refractivity contribution < 1.29 is 0 Å². The van der Waals surface area contributed by atoms with E-state index in [-0.39, 0.29) is 5.56 Å². The van der Waals surface area contributed by atoms with Crippen LogP contribution in [0.5, 0.6) is 0 Å². The fourth-order valence-electron chi connectivity index (χ4n) is 3.64. The van der Waals surface area contributed by atoms with Gasteiger partial charge in [0.1, 0.15) is 5.82 Å². The lowest BCUT2D eigenvalue weighted by Crippen LogP contribution is -2.28. The van der Waals surface area contributed by atoms with Crippen LogP contribution in [0.2, 0.25) is 0 Å². The number of aryl methyl sites for hydroxylation is 2. The third kappa shape index (κ3) is 4.54. The standard InChI is InChI=1S/C26H23IN2O/c1-19-24(27)26(30)29(17-16-20-10-4-2-5-11-20)25(28-19)23-15-9-8-14-22(23)18-21-12-6-3-7-13-21/h2-15H,16-18H2,1H3. The van der Waals surface area contributed by atoms with Crippen molar-refractivity contribution in [1.82, 2.24) is 9.55 Å². The summed E-state index contributed by atoms with van der Waals surface area (Å²) in [5.41, 5.74) is 5.45. The summed E-state index contributed by atoms with van der Waals surface area (Å²) in [7, 11) is 0. The molecule has 0 radical (unpaired) electrons. The molecule has 0 aliphatic carbocycles. The molecule has 0 saturated carbocycles. The molecule has 1 heterocycles. The maximum Gasteiger partial charge on any atom is 0.267 e. The van der Waals surface area contributed by atoms with Crippen LogP contribution >= 0.6 is 22.6 Å². The van der Waals surface area contributed by atoms with E-state index in [1.165, 1.54) is 16.7 Å². The second kappa shape index (κ2) is 9.39. The first-order chi connectivity index (χ1) is 14.6. The van der Waals surface area contributed by atoms with E-state index < -0.39 is 0 Å². The molecule has 4 aromatic rings. The molecule has 0 fully saturated rings. The fourth-order valence-corrected chi connectivity index (χ4v) is 4.06. The fraction of sp³-hybridized carbons (Fsp3) is 0.154. The SMILES string of the molecule is Cc1nc(-c2ccccc2Cc2ccccc2)n(CCc2ccccc2)c(=O)c1I. The zero-order valence-electron chi connectivity index (χ0n) is 16.9. The minimum atomic E-state index is 0.0311. The molecule has 0 aliphatic heterocycles. The van der Waals surface area contributed by atoms with Gasteiger partial charge in [0.25, 0.3) is 5.56 Å². The summed E-state index contributed by atoms with van der Waals surface area (Å²) in [6.07, 6.45) is 1.59. The summed E-state index contributed by atoms with van der Waals surface area (Å²) in [6.45, 7) is 2.51. The lowest BCUT2D eigenvalue weighted by atomic mass is 9.99. The Labute approximate surface area is 190 Å². The number of aromatic nitrogens is 2. The molecule has 30 heavy (non-hydrogen) atoms. The number of hydrogen-bond acceptors (Lipinski definition) is 2. The average Bonchev–Trinajstić information content (AvgIpc) is 2.78. The van der Waals surface area contributed by atoms with Gasteiger partial charge >= 0.3 is 0 Å². The molecule has 1 aromatic heterocycles. The average molecular weight is 506 g/mol. The van der Waals surface area contributed by atoms with Crippen LogP contribution in [-0.2, 0) is 19.4 Å². The zero-order chi connectivity index (χ0) is 20.9. The van der Waals surface area contributed by atoms with E-state index in [0.717, 1.165) is 29.9 Å². The van der Waals surface area contributed by atoms with Gasteiger partial charge in [-0.3, -0.25) is 9.36 Å². The number of nitrogens with zero attached hydrogens (tertiary/aromatic N) is 2. The molecule has 0 bridgehead atoms. The first kappa shape index (κ1) is 20.5. The molecule has 0 saturated heterocycles. The lowest BCUT2D eigenvalue weighted by Gasteiger charge is -2.17. The van der Waals surface area contributed by atoms with E-state index in [2.05, 4.69) is 71.1 Å². The third-order valence-corrected chi connectivity index (χ3v) is 6.48. The van der Waals surface area contributed by atoms with E-state index in [9.17, 15) is 4.79 Å². The van der Waals surface area contributed by atoms with Crippen LogP contribution in [0, 0.1) is 10.5 Å². The van der Waals surface area contributed by atoms with Crippen molar-refractivity contribution in [2.24, 2.45) is 0 Å². The number of halogens is 1. The first-order valence-electron chi connectivity index (χ1n) is 10.1. The molecular weight excluding hydrogens is 483 g/mol. The van der Waals surface area contributed by atoms with Gasteiger partial charge in [-0.05, 0) is 59.0 Å². The van der Waals surface area contributed by atoms with Crippen LogP contribution < -0.4 is 5.56 Å². The highest BCUT2D eigenvalue weighted by molar-refractivity contribution is 14.1. The topological polar surface area (TPSA) is 34.9 Å². The molecule has 0 aliphatic rings. The summed E-state index contributed by atoms with van der Waals surface area (Å²) in [5, 5.41) is 0. The van der Waals surface area contributed by atoms with Gasteiger partial charge in [-0.15, -0.1) is 0 Å². The number of hydrogen-bond donors (Lipinski definition) is 0. The number of rotatable bonds is 6. The predicted octanol–water partition coefficient (Wildman–Crippen LogP) is 5.66. The Bertz CT molecular complexity index is 1200. The summed E-state index contributed by atoms with van der Waals surface area (Å²) in [4.78, 5) is 18.1. The second-order valence-corrected chi connectivity index (χ2v) is 8.43. The molecule has 0 N–H and O–H groups in total. The predicted molar refractivity (Wildman–Crippen MR) is 131 cm³/mol. The molecule has 150 valence electrons. The van der Waals surface area contributed by atoms with E-state index in [1.54, 1.807) is 0 Å². The van der Waals surface area contributed by atoms with E-state index >= 15 is 0 Å². The van der Waals surface area contributed by atoms with Gasteiger partial charge < -0.3 is 0 Å². The van der Waals surface area contributed by atoms with Gasteiger partial charge in [-0.2, -0.15) is 0 Å². The van der Waals surface area contributed by atoms with Crippen molar-refractivity contribution in [3.05, 3.63) is 121 Å². The smallest absolute Gasteiger partial charge is 0.267 e. The van der Waals surface area contributed by atoms with Gasteiger partial charge in [0.15, 0.2) is 0 Å². The van der Waals surface area contributed by atoms with E-state index in [1.807, 2.05) is 47.9 Å². The maximum absolute atomic E-state index is 13.2. The normalized spacial score (nSPS) is 10.9. The first-order valence-corrected chi connectivity index (χ1v) is 11.1. The Morgan fingerprint density at radius 1 is 0.833 bits per heavy atom. The van der Waals surface area contributed by atoms with Crippen molar-refractivity contribution in [3.8, 4) is 11.4 Å². The third-order valence-electron chi connectivity index (χ3n) is 5.24. The van der Waals surface area contributed by atoms with Crippen LogP contribution in [0.25, 0.3) is 11.4 Å². The van der Waals surface area contributed by atoms with E-state index in [0.29, 0.717) is 10.1 Å².